The van der Waals surface area contributed by atoms with Gasteiger partial charge < -0.3 is 14.9 Å². The van der Waals surface area contributed by atoms with Crippen LogP contribution in [0.4, 0.5) is 5.69 Å². The smallest absolute Gasteiger partial charge is 0.254 e. The lowest BCUT2D eigenvalue weighted by Gasteiger charge is -2.52. The molecule has 1 saturated carbocycles. The Morgan fingerprint density at radius 2 is 1.71 bits per heavy atom. The van der Waals surface area contributed by atoms with Crippen molar-refractivity contribution in [3.8, 4) is 0 Å². The molecular formula is C24H30N2O2. The Bertz CT molecular complexity index is 818. The fourth-order valence-electron chi connectivity index (χ4n) is 5.09. The van der Waals surface area contributed by atoms with E-state index >= 15 is 0 Å². The first kappa shape index (κ1) is 19.0. The highest BCUT2D eigenvalue weighted by atomic mass is 16.3. The van der Waals surface area contributed by atoms with Gasteiger partial charge in [-0.2, -0.15) is 0 Å². The van der Waals surface area contributed by atoms with Crippen LogP contribution < -0.4 is 4.90 Å². The molecule has 1 saturated heterocycles. The average molecular weight is 379 g/mol. The summed E-state index contributed by atoms with van der Waals surface area (Å²) in [4.78, 5) is 17.4. The molecule has 148 valence electrons. The van der Waals surface area contributed by atoms with Crippen molar-refractivity contribution in [1.29, 1.82) is 0 Å². The number of hydrogen-bond acceptors (Lipinski definition) is 3. The zero-order valence-corrected chi connectivity index (χ0v) is 16.8. The maximum atomic E-state index is 13.3. The molecule has 28 heavy (non-hydrogen) atoms. The zero-order chi connectivity index (χ0) is 19.7. The van der Waals surface area contributed by atoms with Crippen molar-refractivity contribution in [2.45, 2.75) is 43.7 Å². The van der Waals surface area contributed by atoms with Crippen LogP contribution in [0.1, 0.15) is 48.0 Å². The summed E-state index contributed by atoms with van der Waals surface area (Å²) in [6.45, 7) is 0.598. The predicted octanol–water partition coefficient (Wildman–Crippen LogP) is 4.05. The standard InChI is InChI=1S/C24H30N2O2/c1-25(2)20-14-12-18(13-15-20)23(27)26-17-16-24(28,19-8-4-3-5-9-19)21-10-6-7-11-22(21)26/h3-5,8-9,12-15,21-22,28H,6-7,10-11,16-17H2,1-2H3/t21-,22?,24-/m1/s1. The van der Waals surface area contributed by atoms with Crippen molar-refractivity contribution in [2.24, 2.45) is 5.92 Å². The molecular weight excluding hydrogens is 348 g/mol. The van der Waals surface area contributed by atoms with Crippen molar-refractivity contribution in [3.63, 3.8) is 0 Å². The number of fused-ring (bicyclic) bond motifs is 1. The normalized spacial score (nSPS) is 27.2. The van der Waals surface area contributed by atoms with Gasteiger partial charge in [-0.05, 0) is 49.1 Å². The number of piperidine rings is 1. The molecule has 2 aliphatic rings. The molecule has 1 aliphatic heterocycles. The number of anilines is 1. The van der Waals surface area contributed by atoms with Crippen LogP contribution in [0.5, 0.6) is 0 Å². The lowest BCUT2D eigenvalue weighted by Crippen LogP contribution is -2.58. The van der Waals surface area contributed by atoms with Gasteiger partial charge in [-0.1, -0.05) is 43.2 Å². The molecule has 1 N–H and O–H groups in total. The minimum absolute atomic E-state index is 0.0947. The fraction of sp³-hybridized carbons (Fsp3) is 0.458. The Hall–Kier alpha value is -2.33. The third-order valence-electron chi connectivity index (χ3n) is 6.64. The van der Waals surface area contributed by atoms with Crippen LogP contribution in [0.15, 0.2) is 54.6 Å². The second-order valence-corrected chi connectivity index (χ2v) is 8.44. The highest BCUT2D eigenvalue weighted by Gasteiger charge is 2.50. The SMILES string of the molecule is CN(C)c1ccc(C(=O)N2CC[C@@](O)(c3ccccc3)[C@@H]3CCCCC32)cc1. The van der Waals surface area contributed by atoms with Gasteiger partial charge in [0.2, 0.25) is 0 Å². The summed E-state index contributed by atoms with van der Waals surface area (Å²) in [5.74, 6) is 0.194. The summed E-state index contributed by atoms with van der Waals surface area (Å²) >= 11 is 0. The van der Waals surface area contributed by atoms with Crippen molar-refractivity contribution in [2.75, 3.05) is 25.5 Å². The molecule has 1 unspecified atom stereocenters. The molecule has 1 amide bonds. The first-order chi connectivity index (χ1) is 13.5. The molecule has 4 rings (SSSR count). The molecule has 0 spiro atoms. The van der Waals surface area contributed by atoms with Crippen LogP contribution in [-0.2, 0) is 5.60 Å². The van der Waals surface area contributed by atoms with Gasteiger partial charge in [-0.3, -0.25) is 4.79 Å². The van der Waals surface area contributed by atoms with E-state index in [4.69, 9.17) is 0 Å². The van der Waals surface area contributed by atoms with Crippen molar-refractivity contribution >= 4 is 11.6 Å². The minimum Gasteiger partial charge on any atom is -0.385 e. The summed E-state index contributed by atoms with van der Waals surface area (Å²) in [6, 6.07) is 18.0. The molecule has 0 aromatic heterocycles. The molecule has 2 fully saturated rings. The number of nitrogens with zero attached hydrogens (tertiary/aromatic N) is 2. The average Bonchev–Trinajstić information content (AvgIpc) is 2.74. The van der Waals surface area contributed by atoms with Gasteiger partial charge >= 0.3 is 0 Å². The third-order valence-corrected chi connectivity index (χ3v) is 6.64. The molecule has 3 atom stereocenters. The van der Waals surface area contributed by atoms with Gasteiger partial charge in [0.05, 0.1) is 5.60 Å². The van der Waals surface area contributed by atoms with Crippen LogP contribution in [0, 0.1) is 5.92 Å². The van der Waals surface area contributed by atoms with E-state index < -0.39 is 5.60 Å². The lowest BCUT2D eigenvalue weighted by atomic mass is 9.66. The second-order valence-electron chi connectivity index (χ2n) is 8.44. The Morgan fingerprint density at radius 3 is 2.39 bits per heavy atom. The molecule has 0 radical (unpaired) electrons. The number of carbonyl (C=O) groups excluding carboxylic acids is 1. The predicted molar refractivity (Wildman–Crippen MR) is 113 cm³/mol. The Labute approximate surface area is 167 Å². The van der Waals surface area contributed by atoms with Crippen LogP contribution in [-0.4, -0.2) is 42.6 Å². The van der Waals surface area contributed by atoms with E-state index in [2.05, 4.69) is 0 Å². The van der Waals surface area contributed by atoms with Gasteiger partial charge in [0.15, 0.2) is 0 Å². The second kappa shape index (κ2) is 7.59. The van der Waals surface area contributed by atoms with Crippen molar-refractivity contribution in [3.05, 3.63) is 65.7 Å². The van der Waals surface area contributed by atoms with E-state index in [0.29, 0.717) is 13.0 Å². The number of carbonyl (C=O) groups is 1. The number of rotatable bonds is 3. The highest BCUT2D eigenvalue weighted by Crippen LogP contribution is 2.47. The molecule has 1 aliphatic carbocycles. The van der Waals surface area contributed by atoms with Crippen molar-refractivity contribution in [1.82, 2.24) is 4.90 Å². The van der Waals surface area contributed by atoms with E-state index in [-0.39, 0.29) is 17.9 Å². The van der Waals surface area contributed by atoms with Crippen LogP contribution in [0.3, 0.4) is 0 Å². The number of hydrogen-bond donors (Lipinski definition) is 1. The Morgan fingerprint density at radius 1 is 1.04 bits per heavy atom. The van der Waals surface area contributed by atoms with Crippen LogP contribution in [0.2, 0.25) is 0 Å². The topological polar surface area (TPSA) is 43.8 Å². The molecule has 0 bridgehead atoms. The summed E-state index contributed by atoms with van der Waals surface area (Å²) in [5.41, 5.74) is 1.98. The van der Waals surface area contributed by atoms with Crippen LogP contribution in [0.25, 0.3) is 0 Å². The number of aliphatic hydroxyl groups is 1. The Kier molecular flexibility index (Phi) is 5.15. The molecule has 4 heteroatoms. The summed E-state index contributed by atoms with van der Waals surface area (Å²) in [6.07, 6.45) is 4.78. The third kappa shape index (κ3) is 3.30. The molecule has 1 heterocycles. The Balaban J connectivity index is 1.61. The monoisotopic (exact) mass is 378 g/mol. The van der Waals surface area contributed by atoms with Crippen molar-refractivity contribution < 1.29 is 9.90 Å². The largest absolute Gasteiger partial charge is 0.385 e. The maximum Gasteiger partial charge on any atom is 0.254 e. The van der Waals surface area contributed by atoms with Gasteiger partial charge in [0.1, 0.15) is 0 Å². The molecule has 2 aromatic carbocycles. The lowest BCUT2D eigenvalue weighted by molar-refractivity contribution is -0.110. The maximum absolute atomic E-state index is 13.3. The number of amides is 1. The summed E-state index contributed by atoms with van der Waals surface area (Å²) in [7, 11) is 4.00. The van der Waals surface area contributed by atoms with E-state index in [1.807, 2.05) is 78.5 Å². The molecule has 4 nitrogen and oxygen atoms in total. The summed E-state index contributed by atoms with van der Waals surface area (Å²) in [5, 5.41) is 11.7. The minimum atomic E-state index is -0.835. The first-order valence-electron chi connectivity index (χ1n) is 10.4. The van der Waals surface area contributed by atoms with Gasteiger partial charge in [0, 0.05) is 43.9 Å². The van der Waals surface area contributed by atoms with E-state index in [9.17, 15) is 9.90 Å². The first-order valence-corrected chi connectivity index (χ1v) is 10.4. The van der Waals surface area contributed by atoms with Gasteiger partial charge in [-0.25, -0.2) is 0 Å². The van der Waals surface area contributed by atoms with Crippen LogP contribution >= 0.6 is 0 Å². The fourth-order valence-corrected chi connectivity index (χ4v) is 5.09. The van der Waals surface area contributed by atoms with Gasteiger partial charge in [0.25, 0.3) is 5.91 Å². The quantitative estimate of drug-likeness (QED) is 0.876. The van der Waals surface area contributed by atoms with E-state index in [1.54, 1.807) is 0 Å². The zero-order valence-electron chi connectivity index (χ0n) is 16.8. The summed E-state index contributed by atoms with van der Waals surface area (Å²) < 4.78 is 0. The highest BCUT2D eigenvalue weighted by molar-refractivity contribution is 5.95. The molecule has 2 aromatic rings. The van der Waals surface area contributed by atoms with Gasteiger partial charge in [-0.15, -0.1) is 0 Å². The number of benzene rings is 2. The van der Waals surface area contributed by atoms with E-state index in [0.717, 1.165) is 42.5 Å². The number of likely N-dealkylation sites (tertiary alicyclic amines) is 1. The van der Waals surface area contributed by atoms with E-state index in [1.165, 1.54) is 0 Å².